The van der Waals surface area contributed by atoms with Crippen molar-refractivity contribution in [1.82, 2.24) is 0 Å². The third kappa shape index (κ3) is 4.01. The molecular formula is C20H14BaN2O4S. The first-order chi connectivity index (χ1) is 12.9. The monoisotopic (exact) mass is 516 g/mol. The first kappa shape index (κ1) is 21.0. The molecule has 0 atom stereocenters. The normalized spacial score (nSPS) is 11.8. The molecule has 4 aromatic rings. The van der Waals surface area contributed by atoms with Gasteiger partial charge in [0.2, 0.25) is 0 Å². The van der Waals surface area contributed by atoms with Crippen LogP contribution in [0.25, 0.3) is 21.5 Å². The van der Waals surface area contributed by atoms with Crippen LogP contribution in [0.15, 0.2) is 87.9 Å². The van der Waals surface area contributed by atoms with Crippen molar-refractivity contribution >= 4 is 91.9 Å². The second-order valence-electron chi connectivity index (χ2n) is 5.96. The number of phenols is 1. The van der Waals surface area contributed by atoms with Crippen LogP contribution in [0.2, 0.25) is 0 Å². The van der Waals surface area contributed by atoms with E-state index in [-0.39, 0.29) is 70.9 Å². The summed E-state index contributed by atoms with van der Waals surface area (Å²) in [6.45, 7) is 0. The van der Waals surface area contributed by atoms with Crippen molar-refractivity contribution in [3.8, 4) is 5.75 Å². The van der Waals surface area contributed by atoms with Crippen LogP contribution in [0.1, 0.15) is 0 Å². The van der Waals surface area contributed by atoms with E-state index in [9.17, 15) is 18.1 Å². The van der Waals surface area contributed by atoms with Crippen LogP contribution in [0, 0.1) is 0 Å². The Labute approximate surface area is 201 Å². The first-order valence-corrected chi connectivity index (χ1v) is 9.51. The van der Waals surface area contributed by atoms with Gasteiger partial charge in [-0.15, -0.1) is 10.2 Å². The predicted molar refractivity (Wildman–Crippen MR) is 109 cm³/mol. The molecule has 28 heavy (non-hydrogen) atoms. The van der Waals surface area contributed by atoms with Crippen molar-refractivity contribution in [2.24, 2.45) is 10.2 Å². The quantitative estimate of drug-likeness (QED) is 0.228. The number of aromatic hydroxyl groups is 1. The second kappa shape index (κ2) is 8.34. The summed E-state index contributed by atoms with van der Waals surface area (Å²) in [6.07, 6.45) is 0. The maximum absolute atomic E-state index is 11.8. The van der Waals surface area contributed by atoms with E-state index in [2.05, 4.69) is 10.2 Å². The Morgan fingerprint density at radius 2 is 1.18 bits per heavy atom. The van der Waals surface area contributed by atoms with Gasteiger partial charge in [0.1, 0.15) is 22.0 Å². The van der Waals surface area contributed by atoms with Crippen molar-refractivity contribution in [3.05, 3.63) is 72.8 Å². The molecule has 0 saturated heterocycles. The van der Waals surface area contributed by atoms with Crippen molar-refractivity contribution in [3.63, 3.8) is 0 Å². The molecule has 0 aliphatic heterocycles. The molecule has 2 radical (unpaired) electrons. The van der Waals surface area contributed by atoms with Crippen molar-refractivity contribution in [2.75, 3.05) is 0 Å². The van der Waals surface area contributed by atoms with Crippen molar-refractivity contribution < 1.29 is 18.1 Å². The van der Waals surface area contributed by atoms with E-state index in [1.54, 1.807) is 36.4 Å². The minimum absolute atomic E-state index is 0. The molecule has 0 unspecified atom stereocenters. The van der Waals surface area contributed by atoms with Crippen LogP contribution in [-0.4, -0.2) is 67.0 Å². The summed E-state index contributed by atoms with van der Waals surface area (Å²) in [5.74, 6) is -0.0777. The van der Waals surface area contributed by atoms with Gasteiger partial charge in [-0.2, -0.15) is 8.42 Å². The Hall–Kier alpha value is -1.72. The molecule has 2 N–H and O–H groups in total. The molecule has 0 aromatic heterocycles. The summed E-state index contributed by atoms with van der Waals surface area (Å²) < 4.78 is 33.2. The van der Waals surface area contributed by atoms with Crippen LogP contribution in [-0.2, 0) is 10.1 Å². The van der Waals surface area contributed by atoms with Gasteiger partial charge in [0.05, 0.1) is 0 Å². The Morgan fingerprint density at radius 3 is 1.79 bits per heavy atom. The Morgan fingerprint density at radius 1 is 0.679 bits per heavy atom. The fourth-order valence-corrected chi connectivity index (χ4v) is 3.63. The van der Waals surface area contributed by atoms with Crippen LogP contribution < -0.4 is 0 Å². The molecule has 136 valence electrons. The summed E-state index contributed by atoms with van der Waals surface area (Å²) in [5.41, 5.74) is 0.241. The van der Waals surface area contributed by atoms with Crippen LogP contribution in [0.3, 0.4) is 0 Å². The third-order valence-corrected chi connectivity index (χ3v) is 5.16. The molecule has 0 aliphatic rings. The van der Waals surface area contributed by atoms with Gasteiger partial charge in [-0.05, 0) is 22.9 Å². The zero-order valence-electron chi connectivity index (χ0n) is 14.6. The topological polar surface area (TPSA) is 99.3 Å². The number of phenolic OH excluding ortho intramolecular Hbond substituents is 1. The SMILES string of the molecule is O=S(=O)(O)c1ccc2ccccc2c1N=Nc1c(O)ccc2ccccc12.[Ba]. The zero-order valence-corrected chi connectivity index (χ0v) is 19.9. The molecule has 0 fully saturated rings. The van der Waals surface area contributed by atoms with E-state index in [0.717, 1.165) is 10.8 Å². The van der Waals surface area contributed by atoms with E-state index >= 15 is 0 Å². The number of azo groups is 1. The minimum atomic E-state index is -4.50. The van der Waals surface area contributed by atoms with E-state index in [4.69, 9.17) is 0 Å². The zero-order chi connectivity index (χ0) is 19.0. The molecule has 8 heteroatoms. The molecule has 6 nitrogen and oxygen atoms in total. The second-order valence-corrected chi connectivity index (χ2v) is 7.35. The summed E-state index contributed by atoms with van der Waals surface area (Å²) in [4.78, 5) is -0.343. The van der Waals surface area contributed by atoms with Gasteiger partial charge in [-0.3, -0.25) is 4.55 Å². The number of hydrogen-bond donors (Lipinski definition) is 2. The number of nitrogens with zero attached hydrogens (tertiary/aromatic N) is 2. The third-order valence-electron chi connectivity index (χ3n) is 4.27. The Kier molecular flexibility index (Phi) is 6.25. The van der Waals surface area contributed by atoms with Gasteiger partial charge < -0.3 is 5.11 Å². The van der Waals surface area contributed by atoms with Gasteiger partial charge in [0, 0.05) is 59.7 Å². The maximum atomic E-state index is 11.8. The van der Waals surface area contributed by atoms with Gasteiger partial charge >= 0.3 is 0 Å². The smallest absolute Gasteiger partial charge is 0.296 e. The molecule has 0 heterocycles. The summed E-state index contributed by atoms with van der Waals surface area (Å²) in [5, 5.41) is 21.3. The van der Waals surface area contributed by atoms with E-state index < -0.39 is 10.1 Å². The first-order valence-electron chi connectivity index (χ1n) is 8.07. The average molecular weight is 516 g/mol. The van der Waals surface area contributed by atoms with Gasteiger partial charge in [-0.1, -0.05) is 60.7 Å². The van der Waals surface area contributed by atoms with E-state index in [1.165, 1.54) is 12.1 Å². The molecule has 0 bridgehead atoms. The Bertz CT molecular complexity index is 1320. The fraction of sp³-hybridized carbons (Fsp3) is 0. The van der Waals surface area contributed by atoms with Gasteiger partial charge in [0.15, 0.2) is 0 Å². The van der Waals surface area contributed by atoms with Crippen LogP contribution in [0.5, 0.6) is 5.75 Å². The molecule has 0 aliphatic carbocycles. The molecule has 4 aromatic carbocycles. The van der Waals surface area contributed by atoms with Crippen molar-refractivity contribution in [2.45, 2.75) is 4.90 Å². The number of hydrogen-bond acceptors (Lipinski definition) is 5. The molecule has 0 saturated carbocycles. The van der Waals surface area contributed by atoms with E-state index in [1.807, 2.05) is 24.3 Å². The van der Waals surface area contributed by atoms with E-state index in [0.29, 0.717) is 10.8 Å². The number of benzene rings is 4. The molecular weight excluding hydrogens is 502 g/mol. The minimum Gasteiger partial charge on any atom is -0.506 e. The predicted octanol–water partition coefficient (Wildman–Crippen LogP) is 4.98. The van der Waals surface area contributed by atoms with Crippen LogP contribution >= 0.6 is 0 Å². The summed E-state index contributed by atoms with van der Waals surface area (Å²) in [6, 6.07) is 20.5. The van der Waals surface area contributed by atoms with Gasteiger partial charge in [0.25, 0.3) is 10.1 Å². The fourth-order valence-electron chi connectivity index (χ4n) is 3.00. The molecule has 0 amide bonds. The summed E-state index contributed by atoms with van der Waals surface area (Å²) >= 11 is 0. The standard InChI is InChI=1S/C20H14N2O4S.Ba/c23-17-11-9-13-5-1-3-7-15(13)19(17)21-22-20-16-8-4-2-6-14(16)10-12-18(20)27(24,25)26;/h1-12,23H,(H,24,25,26);. The summed E-state index contributed by atoms with van der Waals surface area (Å²) in [7, 11) is -4.50. The Balaban J connectivity index is 0.00000225. The van der Waals surface area contributed by atoms with Crippen LogP contribution in [0.4, 0.5) is 11.4 Å². The number of fused-ring (bicyclic) bond motifs is 2. The number of rotatable bonds is 3. The maximum Gasteiger partial charge on any atom is 0.296 e. The van der Waals surface area contributed by atoms with Gasteiger partial charge in [-0.25, -0.2) is 0 Å². The van der Waals surface area contributed by atoms with Crippen molar-refractivity contribution in [1.29, 1.82) is 0 Å². The average Bonchev–Trinajstić information content (AvgIpc) is 2.66. The molecule has 4 rings (SSSR count). The molecule has 0 spiro atoms. The largest absolute Gasteiger partial charge is 0.506 e.